The van der Waals surface area contributed by atoms with E-state index in [-0.39, 0.29) is 12.2 Å². The Morgan fingerprint density at radius 2 is 1.82 bits per heavy atom. The highest BCUT2D eigenvalue weighted by Crippen LogP contribution is 2.33. The molecule has 1 aliphatic rings. The smallest absolute Gasteiger partial charge is 0.419 e. The van der Waals surface area contributed by atoms with E-state index in [0.717, 1.165) is 11.6 Å². The number of rotatable bonds is 6. The molecule has 0 saturated carbocycles. The van der Waals surface area contributed by atoms with Crippen molar-refractivity contribution in [2.45, 2.75) is 19.1 Å². The molecule has 0 aliphatic carbocycles. The molecule has 10 heteroatoms. The van der Waals surface area contributed by atoms with Crippen molar-refractivity contribution in [3.8, 4) is 0 Å². The summed E-state index contributed by atoms with van der Waals surface area (Å²) in [7, 11) is 2.97. The molecule has 2 N–H and O–H groups in total. The molecule has 0 atom stereocenters. The first-order valence-corrected chi connectivity index (χ1v) is 10.1. The van der Waals surface area contributed by atoms with Crippen LogP contribution in [0.2, 0.25) is 0 Å². The normalized spacial score (nSPS) is 14.7. The number of amides is 1. The number of carbonyl (C=O) groups excluding carboxylic acids is 2. The van der Waals surface area contributed by atoms with Crippen molar-refractivity contribution in [3.63, 3.8) is 0 Å². The standard InChI is InChI=1S/C23H23F4N3O3/c1-28-20-9-10-30(12-14-3-5-15(6-4-14)22(32)33-2)13-17(20)21(31)29-16-7-8-19(24)18(11-16)23(25,26)27/h3-8,11,28H,9-10,12-13H2,1-2H3,(H,29,31). The largest absolute Gasteiger partial charge is 0.465 e. The van der Waals surface area contributed by atoms with Gasteiger partial charge in [-0.2, -0.15) is 13.2 Å². The third-order valence-electron chi connectivity index (χ3n) is 5.31. The van der Waals surface area contributed by atoms with Gasteiger partial charge in [0.1, 0.15) is 5.82 Å². The van der Waals surface area contributed by atoms with Gasteiger partial charge in [0.2, 0.25) is 0 Å². The quantitative estimate of drug-likeness (QED) is 0.500. The van der Waals surface area contributed by atoms with Crippen molar-refractivity contribution < 1.29 is 31.9 Å². The SMILES string of the molecule is CNC1=C(C(=O)Nc2ccc(F)c(C(F)(F)F)c2)CN(Cc2ccc(C(=O)OC)cc2)CC1. The zero-order valence-electron chi connectivity index (χ0n) is 18.1. The summed E-state index contributed by atoms with van der Waals surface area (Å²) in [6.07, 6.45) is -4.33. The molecule has 3 rings (SSSR count). The van der Waals surface area contributed by atoms with E-state index in [9.17, 15) is 27.2 Å². The van der Waals surface area contributed by atoms with Gasteiger partial charge in [0.25, 0.3) is 5.91 Å². The Balaban J connectivity index is 1.73. The van der Waals surface area contributed by atoms with E-state index < -0.39 is 29.4 Å². The lowest BCUT2D eigenvalue weighted by Gasteiger charge is -2.30. The average Bonchev–Trinajstić information content (AvgIpc) is 2.79. The Kier molecular flexibility index (Phi) is 7.37. The third-order valence-corrected chi connectivity index (χ3v) is 5.31. The van der Waals surface area contributed by atoms with E-state index in [1.165, 1.54) is 7.11 Å². The van der Waals surface area contributed by atoms with Crippen LogP contribution in [0.1, 0.15) is 27.9 Å². The molecule has 0 unspecified atom stereocenters. The average molecular weight is 465 g/mol. The lowest BCUT2D eigenvalue weighted by atomic mass is 10.0. The van der Waals surface area contributed by atoms with Crippen molar-refractivity contribution in [2.75, 3.05) is 32.6 Å². The predicted octanol–water partition coefficient (Wildman–Crippen LogP) is 3.95. The number of carbonyl (C=O) groups is 2. The Morgan fingerprint density at radius 1 is 1.12 bits per heavy atom. The van der Waals surface area contributed by atoms with Crippen LogP contribution in [0.25, 0.3) is 0 Å². The van der Waals surface area contributed by atoms with Gasteiger partial charge in [0.05, 0.1) is 23.8 Å². The van der Waals surface area contributed by atoms with Gasteiger partial charge in [-0.1, -0.05) is 12.1 Å². The summed E-state index contributed by atoms with van der Waals surface area (Å²) in [5.41, 5.74) is 0.824. The summed E-state index contributed by atoms with van der Waals surface area (Å²) < 4.78 is 57.2. The molecule has 2 aromatic carbocycles. The lowest BCUT2D eigenvalue weighted by Crippen LogP contribution is -2.37. The van der Waals surface area contributed by atoms with Crippen LogP contribution in [-0.4, -0.2) is 44.0 Å². The molecule has 33 heavy (non-hydrogen) atoms. The second-order valence-electron chi connectivity index (χ2n) is 7.50. The van der Waals surface area contributed by atoms with Crippen molar-refractivity contribution >= 4 is 17.6 Å². The highest BCUT2D eigenvalue weighted by atomic mass is 19.4. The monoisotopic (exact) mass is 465 g/mol. The molecule has 1 amide bonds. The molecule has 0 spiro atoms. The molecular weight excluding hydrogens is 442 g/mol. The third kappa shape index (κ3) is 5.89. The number of ether oxygens (including phenoxy) is 1. The van der Waals surface area contributed by atoms with Gasteiger partial charge in [0, 0.05) is 44.5 Å². The number of methoxy groups -OCH3 is 1. The molecule has 0 bridgehead atoms. The number of alkyl halides is 3. The number of anilines is 1. The zero-order valence-corrected chi connectivity index (χ0v) is 18.1. The molecule has 0 fully saturated rings. The zero-order chi connectivity index (χ0) is 24.2. The van der Waals surface area contributed by atoms with Crippen LogP contribution >= 0.6 is 0 Å². The summed E-state index contributed by atoms with van der Waals surface area (Å²) >= 11 is 0. The van der Waals surface area contributed by atoms with Crippen LogP contribution < -0.4 is 10.6 Å². The summed E-state index contributed by atoms with van der Waals surface area (Å²) in [6.45, 7) is 1.42. The lowest BCUT2D eigenvalue weighted by molar-refractivity contribution is -0.140. The number of halogens is 4. The van der Waals surface area contributed by atoms with Crippen LogP contribution in [0.3, 0.4) is 0 Å². The van der Waals surface area contributed by atoms with Crippen LogP contribution in [0.5, 0.6) is 0 Å². The number of esters is 1. The molecule has 176 valence electrons. The second kappa shape index (κ2) is 10.0. The first kappa shape index (κ1) is 24.2. The van der Waals surface area contributed by atoms with E-state index in [1.807, 2.05) is 4.90 Å². The molecule has 0 aromatic heterocycles. The minimum absolute atomic E-state index is 0.146. The van der Waals surface area contributed by atoms with Gasteiger partial charge in [-0.15, -0.1) is 0 Å². The Bertz CT molecular complexity index is 1070. The maximum atomic E-state index is 13.5. The minimum atomic E-state index is -4.87. The van der Waals surface area contributed by atoms with Crippen molar-refractivity contribution in [3.05, 3.63) is 76.2 Å². The molecular formula is C23H23F4N3O3. The number of nitrogens with zero attached hydrogens (tertiary/aromatic N) is 1. The van der Waals surface area contributed by atoms with E-state index >= 15 is 0 Å². The summed E-state index contributed by atoms with van der Waals surface area (Å²) in [6, 6.07) is 9.24. The minimum Gasteiger partial charge on any atom is -0.465 e. The maximum Gasteiger partial charge on any atom is 0.419 e. The molecule has 6 nitrogen and oxygen atoms in total. The highest BCUT2D eigenvalue weighted by Gasteiger charge is 2.34. The number of hydrogen-bond donors (Lipinski definition) is 2. The van der Waals surface area contributed by atoms with Gasteiger partial charge in [0.15, 0.2) is 0 Å². The Morgan fingerprint density at radius 3 is 2.42 bits per heavy atom. The predicted molar refractivity (Wildman–Crippen MR) is 114 cm³/mol. The Labute approximate surface area is 188 Å². The fourth-order valence-corrected chi connectivity index (χ4v) is 3.59. The molecule has 0 radical (unpaired) electrons. The molecule has 1 heterocycles. The molecule has 1 aliphatic heterocycles. The summed E-state index contributed by atoms with van der Waals surface area (Å²) in [4.78, 5) is 26.5. The first-order chi connectivity index (χ1) is 15.6. The van der Waals surface area contributed by atoms with Gasteiger partial charge in [-0.05, 0) is 35.9 Å². The van der Waals surface area contributed by atoms with Crippen LogP contribution in [0.4, 0.5) is 23.2 Å². The van der Waals surface area contributed by atoms with E-state index in [1.54, 1.807) is 31.3 Å². The fraction of sp³-hybridized carbons (Fsp3) is 0.304. The van der Waals surface area contributed by atoms with Crippen molar-refractivity contribution in [1.29, 1.82) is 0 Å². The number of hydrogen-bond acceptors (Lipinski definition) is 5. The number of nitrogens with one attached hydrogen (secondary N) is 2. The van der Waals surface area contributed by atoms with E-state index in [4.69, 9.17) is 0 Å². The van der Waals surface area contributed by atoms with Crippen LogP contribution in [0.15, 0.2) is 53.7 Å². The molecule has 2 aromatic rings. The molecule has 0 saturated heterocycles. The van der Waals surface area contributed by atoms with Crippen LogP contribution in [-0.2, 0) is 22.3 Å². The highest BCUT2D eigenvalue weighted by molar-refractivity contribution is 6.04. The van der Waals surface area contributed by atoms with Gasteiger partial charge < -0.3 is 15.4 Å². The Hall–Kier alpha value is -3.40. The van der Waals surface area contributed by atoms with E-state index in [0.29, 0.717) is 48.5 Å². The van der Waals surface area contributed by atoms with Gasteiger partial charge >= 0.3 is 12.1 Å². The second-order valence-corrected chi connectivity index (χ2v) is 7.50. The van der Waals surface area contributed by atoms with E-state index in [2.05, 4.69) is 15.4 Å². The summed E-state index contributed by atoms with van der Waals surface area (Å²) in [5.74, 6) is -2.41. The summed E-state index contributed by atoms with van der Waals surface area (Å²) in [5, 5.41) is 5.42. The van der Waals surface area contributed by atoms with Crippen molar-refractivity contribution in [2.24, 2.45) is 0 Å². The number of benzene rings is 2. The maximum absolute atomic E-state index is 13.5. The fourth-order valence-electron chi connectivity index (χ4n) is 3.59. The first-order valence-electron chi connectivity index (χ1n) is 10.1. The van der Waals surface area contributed by atoms with Crippen molar-refractivity contribution in [1.82, 2.24) is 10.2 Å². The van der Waals surface area contributed by atoms with Gasteiger partial charge in [-0.3, -0.25) is 9.69 Å². The van der Waals surface area contributed by atoms with Gasteiger partial charge in [-0.25, -0.2) is 9.18 Å². The topological polar surface area (TPSA) is 70.7 Å². The van der Waals surface area contributed by atoms with Crippen LogP contribution in [0, 0.1) is 5.82 Å².